The van der Waals surface area contributed by atoms with Gasteiger partial charge < -0.3 is 15.4 Å². The van der Waals surface area contributed by atoms with Crippen molar-refractivity contribution in [2.75, 3.05) is 18.5 Å². The Morgan fingerprint density at radius 1 is 1.36 bits per heavy atom. The van der Waals surface area contributed by atoms with Crippen molar-refractivity contribution < 1.29 is 9.53 Å². The van der Waals surface area contributed by atoms with E-state index in [-0.39, 0.29) is 11.8 Å². The van der Waals surface area contributed by atoms with Crippen molar-refractivity contribution >= 4 is 11.5 Å². The number of ether oxygens (including phenoxy) is 1. The third kappa shape index (κ3) is 3.26. The van der Waals surface area contributed by atoms with Crippen molar-refractivity contribution in [3.63, 3.8) is 0 Å². The Balaban J connectivity index is 1.65. The lowest BCUT2D eigenvalue weighted by Crippen LogP contribution is -2.33. The lowest BCUT2D eigenvalue weighted by molar-refractivity contribution is 0.0950. The van der Waals surface area contributed by atoms with Crippen molar-refractivity contribution in [3.8, 4) is 5.75 Å². The third-order valence-corrected chi connectivity index (χ3v) is 3.69. The molecule has 1 aromatic heterocycles. The molecule has 0 fully saturated rings. The fourth-order valence-electron chi connectivity index (χ4n) is 2.41. The minimum absolute atomic E-state index is 0.0734. The molecular weight excluding hydrogens is 278 g/mol. The van der Waals surface area contributed by atoms with E-state index in [1.807, 2.05) is 37.3 Å². The molecule has 1 aliphatic rings. The van der Waals surface area contributed by atoms with Gasteiger partial charge in [-0.25, -0.2) is 0 Å². The van der Waals surface area contributed by atoms with Crippen LogP contribution in [-0.4, -0.2) is 30.0 Å². The largest absolute Gasteiger partial charge is 0.490 e. The van der Waals surface area contributed by atoms with Crippen LogP contribution in [0.5, 0.6) is 5.75 Å². The molecule has 5 heteroatoms. The van der Waals surface area contributed by atoms with E-state index in [9.17, 15) is 4.79 Å². The molecule has 2 heterocycles. The second-order valence-corrected chi connectivity index (χ2v) is 5.31. The highest BCUT2D eigenvalue weighted by molar-refractivity contribution is 6.01. The van der Waals surface area contributed by atoms with E-state index in [4.69, 9.17) is 4.74 Å². The van der Waals surface area contributed by atoms with Gasteiger partial charge in [-0.2, -0.15) is 0 Å². The van der Waals surface area contributed by atoms with Gasteiger partial charge in [-0.3, -0.25) is 9.78 Å². The number of carbonyl (C=O) groups is 1. The van der Waals surface area contributed by atoms with Gasteiger partial charge in [-0.15, -0.1) is 0 Å². The Labute approximate surface area is 129 Å². The highest BCUT2D eigenvalue weighted by Gasteiger charge is 2.17. The average molecular weight is 297 g/mol. The number of pyridine rings is 1. The lowest BCUT2D eigenvalue weighted by atomic mass is 10.0. The normalized spacial score (nSPS) is 14.4. The molecule has 0 spiro atoms. The van der Waals surface area contributed by atoms with Crippen LogP contribution in [0.1, 0.15) is 22.8 Å². The van der Waals surface area contributed by atoms with Crippen LogP contribution in [0.3, 0.4) is 0 Å². The molecule has 1 atom stereocenters. The quantitative estimate of drug-likeness (QED) is 0.829. The van der Waals surface area contributed by atoms with E-state index in [0.29, 0.717) is 18.7 Å². The fraction of sp³-hybridized carbons (Fsp3) is 0.294. The predicted molar refractivity (Wildman–Crippen MR) is 85.3 cm³/mol. The van der Waals surface area contributed by atoms with E-state index in [2.05, 4.69) is 15.6 Å². The monoisotopic (exact) mass is 297 g/mol. The van der Waals surface area contributed by atoms with E-state index in [1.165, 1.54) is 0 Å². The number of Topliss-reactive ketones (excluding diaryl/α,β-unsaturated/α-hetero) is 1. The van der Waals surface area contributed by atoms with Gasteiger partial charge in [0.1, 0.15) is 12.4 Å². The van der Waals surface area contributed by atoms with Crippen LogP contribution in [0.2, 0.25) is 0 Å². The van der Waals surface area contributed by atoms with Crippen LogP contribution in [-0.2, 0) is 6.54 Å². The molecule has 0 saturated heterocycles. The smallest absolute Gasteiger partial charge is 0.179 e. The highest BCUT2D eigenvalue weighted by Crippen LogP contribution is 2.28. The molecule has 0 saturated carbocycles. The molecule has 2 aromatic rings. The summed E-state index contributed by atoms with van der Waals surface area (Å²) in [5.74, 6) is 0.879. The molecule has 22 heavy (non-hydrogen) atoms. The molecule has 3 rings (SSSR count). The van der Waals surface area contributed by atoms with Gasteiger partial charge in [0.25, 0.3) is 0 Å². The van der Waals surface area contributed by atoms with Gasteiger partial charge in [0.2, 0.25) is 0 Å². The second-order valence-electron chi connectivity index (χ2n) is 5.31. The van der Waals surface area contributed by atoms with Crippen LogP contribution >= 0.6 is 0 Å². The zero-order chi connectivity index (χ0) is 15.4. The first-order valence-electron chi connectivity index (χ1n) is 7.41. The predicted octanol–water partition coefficient (Wildman–Crippen LogP) is 2.25. The van der Waals surface area contributed by atoms with Crippen molar-refractivity contribution in [2.24, 2.45) is 0 Å². The lowest BCUT2D eigenvalue weighted by Gasteiger charge is -2.20. The molecular formula is C17H19N3O2. The van der Waals surface area contributed by atoms with Crippen LogP contribution in [0.25, 0.3) is 0 Å². The van der Waals surface area contributed by atoms with Gasteiger partial charge in [0, 0.05) is 31.0 Å². The van der Waals surface area contributed by atoms with Gasteiger partial charge in [-0.05, 0) is 42.8 Å². The number of benzene rings is 1. The summed E-state index contributed by atoms with van der Waals surface area (Å²) in [5.41, 5.74) is 2.68. The van der Waals surface area contributed by atoms with E-state index >= 15 is 0 Å². The van der Waals surface area contributed by atoms with Crippen molar-refractivity contribution in [1.82, 2.24) is 10.3 Å². The topological polar surface area (TPSA) is 63.2 Å². The molecule has 0 radical (unpaired) electrons. The van der Waals surface area contributed by atoms with Gasteiger partial charge >= 0.3 is 0 Å². The maximum atomic E-state index is 12.5. The first kappa shape index (κ1) is 14.5. The molecule has 0 bridgehead atoms. The maximum Gasteiger partial charge on any atom is 0.179 e. The zero-order valence-electron chi connectivity index (χ0n) is 12.5. The summed E-state index contributed by atoms with van der Waals surface area (Å²) in [6, 6.07) is 9.15. The Kier molecular flexibility index (Phi) is 4.34. The summed E-state index contributed by atoms with van der Waals surface area (Å²) in [4.78, 5) is 16.5. The van der Waals surface area contributed by atoms with Crippen LogP contribution in [0, 0.1) is 0 Å². The van der Waals surface area contributed by atoms with Crippen molar-refractivity contribution in [2.45, 2.75) is 19.5 Å². The highest BCUT2D eigenvalue weighted by atomic mass is 16.5. The summed E-state index contributed by atoms with van der Waals surface area (Å²) in [6.07, 6.45) is 3.50. The number of aromatic nitrogens is 1. The Morgan fingerprint density at radius 3 is 3.00 bits per heavy atom. The van der Waals surface area contributed by atoms with Crippen molar-refractivity contribution in [1.29, 1.82) is 0 Å². The summed E-state index contributed by atoms with van der Waals surface area (Å²) in [6.45, 7) is 3.94. The van der Waals surface area contributed by atoms with Gasteiger partial charge in [-0.1, -0.05) is 0 Å². The number of nitrogens with one attached hydrogen (secondary N) is 2. The molecule has 114 valence electrons. The second kappa shape index (κ2) is 6.58. The average Bonchev–Trinajstić information content (AvgIpc) is 2.59. The number of fused-ring (bicyclic) bond motifs is 1. The minimum atomic E-state index is -0.254. The Morgan fingerprint density at radius 2 is 2.18 bits per heavy atom. The number of carbonyl (C=O) groups excluding carboxylic acids is 1. The molecule has 0 amide bonds. The number of ketones is 1. The summed E-state index contributed by atoms with van der Waals surface area (Å²) in [7, 11) is 0. The third-order valence-electron chi connectivity index (χ3n) is 3.69. The molecule has 1 aromatic carbocycles. The van der Waals surface area contributed by atoms with Crippen LogP contribution in [0.15, 0.2) is 42.7 Å². The van der Waals surface area contributed by atoms with E-state index in [0.717, 1.165) is 23.5 Å². The summed E-state index contributed by atoms with van der Waals surface area (Å²) in [5, 5.41) is 6.50. The summed E-state index contributed by atoms with van der Waals surface area (Å²) < 4.78 is 5.53. The van der Waals surface area contributed by atoms with Gasteiger partial charge in [0.15, 0.2) is 5.78 Å². The molecule has 0 aliphatic carbocycles. The molecule has 1 unspecified atom stereocenters. The minimum Gasteiger partial charge on any atom is -0.490 e. The first-order valence-corrected chi connectivity index (χ1v) is 7.41. The number of hydrogen-bond donors (Lipinski definition) is 2. The van der Waals surface area contributed by atoms with Crippen LogP contribution in [0.4, 0.5) is 5.69 Å². The zero-order valence-corrected chi connectivity index (χ0v) is 12.5. The summed E-state index contributed by atoms with van der Waals surface area (Å²) >= 11 is 0. The SMILES string of the molecule is CC(NCc1ccncc1)C(=O)c1ccc2c(c1)NCCO2. The van der Waals surface area contributed by atoms with Crippen molar-refractivity contribution in [3.05, 3.63) is 53.9 Å². The number of hydrogen-bond acceptors (Lipinski definition) is 5. The molecule has 1 aliphatic heterocycles. The number of anilines is 1. The fourth-order valence-corrected chi connectivity index (χ4v) is 2.41. The van der Waals surface area contributed by atoms with E-state index in [1.54, 1.807) is 12.4 Å². The van der Waals surface area contributed by atoms with E-state index < -0.39 is 0 Å². The van der Waals surface area contributed by atoms with Crippen LogP contribution < -0.4 is 15.4 Å². The molecule has 5 nitrogen and oxygen atoms in total. The maximum absolute atomic E-state index is 12.5. The van der Waals surface area contributed by atoms with Gasteiger partial charge in [0.05, 0.1) is 11.7 Å². The number of nitrogens with zero attached hydrogens (tertiary/aromatic N) is 1. The number of rotatable bonds is 5. The molecule has 2 N–H and O–H groups in total. The Hall–Kier alpha value is -2.40. The Bertz CT molecular complexity index is 658. The first-order chi connectivity index (χ1) is 10.7. The standard InChI is InChI=1S/C17H19N3O2/c1-12(20-11-13-4-6-18-7-5-13)17(21)14-2-3-16-15(10-14)19-8-9-22-16/h2-7,10,12,19-20H,8-9,11H2,1H3.